The van der Waals surface area contributed by atoms with Crippen LogP contribution in [0, 0.1) is 0 Å². The van der Waals surface area contributed by atoms with Gasteiger partial charge in [0.05, 0.1) is 17.5 Å². The Balaban J connectivity index is 1.86. The molecule has 4 nitrogen and oxygen atoms in total. The first-order valence-corrected chi connectivity index (χ1v) is 7.79. The monoisotopic (exact) mass is 410 g/mol. The Kier molecular flexibility index (Phi) is 4.63. The summed E-state index contributed by atoms with van der Waals surface area (Å²) < 4.78 is 44.1. The summed E-state index contributed by atoms with van der Waals surface area (Å²) in [6, 6.07) is 11.6. The van der Waals surface area contributed by atoms with Crippen LogP contribution in [0.3, 0.4) is 0 Å². The van der Waals surface area contributed by atoms with Gasteiger partial charge in [-0.05, 0) is 42.5 Å². The molecule has 1 heterocycles. The van der Waals surface area contributed by atoms with Gasteiger partial charge in [0, 0.05) is 10.0 Å². The Morgan fingerprint density at radius 2 is 1.84 bits per heavy atom. The standard InChI is InChI=1S/C17H10BrF3N2O2/c18-12-6-4-10(5-7-12)15-23-14(16(24)25-15)9-22-13-3-1-2-11(8-13)17(19,20)21/h1-9,24H. The molecule has 1 aromatic heterocycles. The molecule has 0 spiro atoms. The molecule has 2 aromatic carbocycles. The average molecular weight is 411 g/mol. The molecule has 0 fully saturated rings. The first kappa shape index (κ1) is 17.2. The fourth-order valence-electron chi connectivity index (χ4n) is 2.02. The van der Waals surface area contributed by atoms with Crippen LogP contribution in [0.2, 0.25) is 0 Å². The maximum Gasteiger partial charge on any atom is 0.416 e. The second-order valence-electron chi connectivity index (χ2n) is 5.02. The smallest absolute Gasteiger partial charge is 0.416 e. The van der Waals surface area contributed by atoms with Gasteiger partial charge in [-0.3, -0.25) is 4.99 Å². The van der Waals surface area contributed by atoms with Gasteiger partial charge in [-0.25, -0.2) is 4.98 Å². The lowest BCUT2D eigenvalue weighted by Crippen LogP contribution is -2.03. The molecule has 0 aliphatic rings. The number of aliphatic imine (C=N–C) groups is 1. The summed E-state index contributed by atoms with van der Waals surface area (Å²) >= 11 is 3.31. The number of halogens is 4. The normalized spacial score (nSPS) is 12.0. The van der Waals surface area contributed by atoms with Gasteiger partial charge in [-0.1, -0.05) is 22.0 Å². The number of nitrogens with zero attached hydrogens (tertiary/aromatic N) is 2. The Morgan fingerprint density at radius 3 is 2.52 bits per heavy atom. The van der Waals surface area contributed by atoms with E-state index in [2.05, 4.69) is 25.9 Å². The molecule has 128 valence electrons. The van der Waals surface area contributed by atoms with Crippen LogP contribution in [0.15, 0.2) is 62.4 Å². The molecular formula is C17H10BrF3N2O2. The number of benzene rings is 2. The fourth-order valence-corrected chi connectivity index (χ4v) is 2.29. The minimum atomic E-state index is -4.45. The third kappa shape index (κ3) is 4.08. The van der Waals surface area contributed by atoms with Crippen molar-refractivity contribution < 1.29 is 22.7 Å². The third-order valence-electron chi connectivity index (χ3n) is 3.24. The molecule has 0 atom stereocenters. The number of aromatic hydroxyl groups is 1. The van der Waals surface area contributed by atoms with Gasteiger partial charge in [0.15, 0.2) is 5.69 Å². The van der Waals surface area contributed by atoms with Crippen molar-refractivity contribution in [3.05, 3.63) is 64.3 Å². The number of alkyl halides is 3. The largest absolute Gasteiger partial charge is 0.479 e. The Hall–Kier alpha value is -2.61. The predicted molar refractivity (Wildman–Crippen MR) is 90.0 cm³/mol. The summed E-state index contributed by atoms with van der Waals surface area (Å²) in [6.07, 6.45) is -3.30. The Morgan fingerprint density at radius 1 is 1.12 bits per heavy atom. The van der Waals surface area contributed by atoms with E-state index >= 15 is 0 Å². The highest BCUT2D eigenvalue weighted by atomic mass is 79.9. The second kappa shape index (κ2) is 6.72. The van der Waals surface area contributed by atoms with Crippen LogP contribution in [0.4, 0.5) is 18.9 Å². The summed E-state index contributed by atoms with van der Waals surface area (Å²) in [7, 11) is 0. The molecule has 0 saturated carbocycles. The van der Waals surface area contributed by atoms with Crippen LogP contribution in [-0.2, 0) is 6.18 Å². The molecule has 0 unspecified atom stereocenters. The molecule has 0 saturated heterocycles. The second-order valence-corrected chi connectivity index (χ2v) is 5.94. The zero-order valence-electron chi connectivity index (χ0n) is 12.5. The summed E-state index contributed by atoms with van der Waals surface area (Å²) in [6.45, 7) is 0. The topological polar surface area (TPSA) is 58.6 Å². The summed E-state index contributed by atoms with van der Waals surface area (Å²) in [5.41, 5.74) is -0.0583. The highest BCUT2D eigenvalue weighted by Gasteiger charge is 2.30. The molecule has 3 rings (SSSR count). The highest BCUT2D eigenvalue weighted by Crippen LogP contribution is 2.32. The maximum atomic E-state index is 12.7. The van der Waals surface area contributed by atoms with Gasteiger partial charge >= 0.3 is 12.1 Å². The Labute approximate surface area is 148 Å². The lowest BCUT2D eigenvalue weighted by molar-refractivity contribution is -0.137. The molecule has 0 radical (unpaired) electrons. The van der Waals surface area contributed by atoms with Crippen molar-refractivity contribution in [2.45, 2.75) is 6.18 Å². The quantitative estimate of drug-likeness (QED) is 0.573. The first-order valence-electron chi connectivity index (χ1n) is 7.00. The van der Waals surface area contributed by atoms with Gasteiger partial charge in [-0.2, -0.15) is 13.2 Å². The van der Waals surface area contributed by atoms with E-state index in [1.165, 1.54) is 12.1 Å². The number of oxazole rings is 1. The molecule has 0 amide bonds. The number of hydrogen-bond acceptors (Lipinski definition) is 4. The molecule has 0 bridgehead atoms. The van der Waals surface area contributed by atoms with E-state index in [4.69, 9.17) is 4.42 Å². The lowest BCUT2D eigenvalue weighted by atomic mass is 10.2. The van der Waals surface area contributed by atoms with Crippen molar-refractivity contribution in [3.8, 4) is 17.4 Å². The minimum Gasteiger partial charge on any atom is -0.479 e. The number of hydrogen-bond donors (Lipinski definition) is 1. The van der Waals surface area contributed by atoms with Crippen LogP contribution < -0.4 is 0 Å². The molecule has 0 aliphatic heterocycles. The van der Waals surface area contributed by atoms with Crippen molar-refractivity contribution in [2.75, 3.05) is 0 Å². The zero-order chi connectivity index (χ0) is 18.0. The van der Waals surface area contributed by atoms with Gasteiger partial charge < -0.3 is 9.52 Å². The summed E-state index contributed by atoms with van der Waals surface area (Å²) in [5.74, 6) is -0.288. The fraction of sp³-hybridized carbons (Fsp3) is 0.0588. The van der Waals surface area contributed by atoms with Crippen LogP contribution >= 0.6 is 15.9 Å². The van der Waals surface area contributed by atoms with Crippen molar-refractivity contribution in [1.82, 2.24) is 4.98 Å². The third-order valence-corrected chi connectivity index (χ3v) is 3.76. The Bertz CT molecular complexity index is 918. The van der Waals surface area contributed by atoms with E-state index < -0.39 is 17.7 Å². The number of aromatic nitrogens is 1. The minimum absolute atomic E-state index is 0.0235. The maximum absolute atomic E-state index is 12.7. The van der Waals surface area contributed by atoms with Crippen molar-refractivity contribution in [1.29, 1.82) is 0 Å². The van der Waals surface area contributed by atoms with Crippen LogP contribution in [0.5, 0.6) is 5.95 Å². The van der Waals surface area contributed by atoms with E-state index in [0.29, 0.717) is 5.56 Å². The zero-order valence-corrected chi connectivity index (χ0v) is 14.0. The van der Waals surface area contributed by atoms with Crippen LogP contribution in [-0.4, -0.2) is 16.3 Å². The molecule has 0 aliphatic carbocycles. The summed E-state index contributed by atoms with van der Waals surface area (Å²) in [5, 5.41) is 9.80. The van der Waals surface area contributed by atoms with Crippen molar-refractivity contribution in [2.24, 2.45) is 4.99 Å². The van der Waals surface area contributed by atoms with E-state index in [-0.39, 0.29) is 17.3 Å². The molecular weight excluding hydrogens is 401 g/mol. The van der Waals surface area contributed by atoms with E-state index in [1.54, 1.807) is 24.3 Å². The van der Waals surface area contributed by atoms with E-state index in [1.807, 2.05) is 0 Å². The molecule has 8 heteroatoms. The first-order chi connectivity index (χ1) is 11.8. The molecule has 3 aromatic rings. The number of rotatable bonds is 3. The van der Waals surface area contributed by atoms with Gasteiger partial charge in [0.2, 0.25) is 5.89 Å². The van der Waals surface area contributed by atoms with E-state index in [9.17, 15) is 18.3 Å². The van der Waals surface area contributed by atoms with Gasteiger partial charge in [-0.15, -0.1) is 0 Å². The average Bonchev–Trinajstić information content (AvgIpc) is 2.94. The molecule has 1 N–H and O–H groups in total. The van der Waals surface area contributed by atoms with E-state index in [0.717, 1.165) is 22.8 Å². The highest BCUT2D eigenvalue weighted by molar-refractivity contribution is 9.10. The summed E-state index contributed by atoms with van der Waals surface area (Å²) in [4.78, 5) is 8.01. The van der Waals surface area contributed by atoms with Crippen LogP contribution in [0.25, 0.3) is 11.5 Å². The SMILES string of the molecule is Oc1oc(-c2ccc(Br)cc2)nc1C=Nc1cccc(C(F)(F)F)c1. The van der Waals surface area contributed by atoms with Crippen molar-refractivity contribution in [3.63, 3.8) is 0 Å². The lowest BCUT2D eigenvalue weighted by Gasteiger charge is -2.06. The van der Waals surface area contributed by atoms with Crippen molar-refractivity contribution >= 4 is 27.8 Å². The van der Waals surface area contributed by atoms with Gasteiger partial charge in [0.1, 0.15) is 0 Å². The molecule has 25 heavy (non-hydrogen) atoms. The van der Waals surface area contributed by atoms with Crippen LogP contribution in [0.1, 0.15) is 11.3 Å². The predicted octanol–water partition coefficient (Wildman–Crippen LogP) is 5.58. The van der Waals surface area contributed by atoms with Gasteiger partial charge in [0.25, 0.3) is 0 Å².